The van der Waals surface area contributed by atoms with Gasteiger partial charge in [-0.2, -0.15) is 0 Å². The van der Waals surface area contributed by atoms with Crippen molar-refractivity contribution in [1.82, 2.24) is 9.47 Å². The molecule has 1 aromatic carbocycles. The second-order valence-electron chi connectivity index (χ2n) is 10.1. The van der Waals surface area contributed by atoms with Crippen LogP contribution in [0, 0.1) is 11.8 Å². The van der Waals surface area contributed by atoms with E-state index in [4.69, 9.17) is 0 Å². The molecule has 2 aromatic rings. The second-order valence-corrected chi connectivity index (χ2v) is 10.1. The molecule has 6 atom stereocenters. The van der Waals surface area contributed by atoms with Crippen LogP contribution in [0.5, 0.6) is 0 Å². The van der Waals surface area contributed by atoms with E-state index in [1.54, 1.807) is 6.42 Å². The van der Waals surface area contributed by atoms with Gasteiger partial charge in [-0.3, -0.25) is 4.90 Å². The van der Waals surface area contributed by atoms with Crippen molar-refractivity contribution in [2.45, 2.75) is 94.8 Å². The summed E-state index contributed by atoms with van der Waals surface area (Å²) in [5.41, 5.74) is 1.45. The number of benzene rings is 1. The van der Waals surface area contributed by atoms with Gasteiger partial charge in [-0.05, 0) is 74.3 Å². The molecule has 2 nitrogen and oxygen atoms in total. The highest BCUT2D eigenvalue weighted by Gasteiger charge is 2.45. The van der Waals surface area contributed by atoms with Crippen LogP contribution >= 0.6 is 0 Å². The Morgan fingerprint density at radius 2 is 1.33 bits per heavy atom. The number of nitrogens with zero attached hydrogens (tertiary/aromatic N) is 2. The molecule has 4 aliphatic rings. The molecule has 27 heavy (non-hydrogen) atoms. The predicted molar refractivity (Wildman–Crippen MR) is 112 cm³/mol. The number of piperidine rings is 2. The first-order chi connectivity index (χ1) is 13.3. The summed E-state index contributed by atoms with van der Waals surface area (Å²) in [6.45, 7) is 0. The Morgan fingerprint density at radius 3 is 2.11 bits per heavy atom. The minimum absolute atomic E-state index is 0.708. The van der Waals surface area contributed by atoms with Crippen LogP contribution in [0.1, 0.15) is 76.7 Å². The SMILES string of the molecule is c1ccc2c(c1)ccn2C1C[C@H]2CCC[C@@H](C1)N2C1C[C@H]2CCC[C@@H](C1)C2. The van der Waals surface area contributed by atoms with E-state index in [-0.39, 0.29) is 0 Å². The lowest BCUT2D eigenvalue weighted by atomic mass is 9.68. The van der Waals surface area contributed by atoms with Crippen molar-refractivity contribution in [1.29, 1.82) is 0 Å². The molecule has 2 unspecified atom stereocenters. The molecule has 3 heterocycles. The van der Waals surface area contributed by atoms with E-state index in [1.165, 1.54) is 75.1 Å². The number of rotatable bonds is 2. The van der Waals surface area contributed by atoms with Gasteiger partial charge in [-0.25, -0.2) is 0 Å². The number of aromatic nitrogens is 1. The summed E-state index contributed by atoms with van der Waals surface area (Å²) in [5, 5.41) is 1.41. The van der Waals surface area contributed by atoms with E-state index < -0.39 is 0 Å². The fraction of sp³-hybridized carbons (Fsp3) is 0.680. The predicted octanol–water partition coefficient (Wildman–Crippen LogP) is 6.17. The smallest absolute Gasteiger partial charge is 0.0482 e. The topological polar surface area (TPSA) is 8.17 Å². The van der Waals surface area contributed by atoms with Gasteiger partial charge in [0.25, 0.3) is 0 Å². The molecule has 0 radical (unpaired) electrons. The molecule has 0 amide bonds. The van der Waals surface area contributed by atoms with Crippen LogP contribution in [0.4, 0.5) is 0 Å². The molecule has 0 spiro atoms. The van der Waals surface area contributed by atoms with Crippen molar-refractivity contribution in [3.63, 3.8) is 0 Å². The first-order valence-electron chi connectivity index (χ1n) is 11.7. The lowest BCUT2D eigenvalue weighted by Gasteiger charge is -2.55. The van der Waals surface area contributed by atoms with E-state index >= 15 is 0 Å². The fourth-order valence-electron chi connectivity index (χ4n) is 7.57. The number of hydrogen-bond acceptors (Lipinski definition) is 1. The van der Waals surface area contributed by atoms with Crippen LogP contribution in [0.3, 0.4) is 0 Å². The van der Waals surface area contributed by atoms with E-state index in [2.05, 4.69) is 46.0 Å². The molecule has 144 valence electrons. The van der Waals surface area contributed by atoms with Crippen molar-refractivity contribution >= 4 is 10.9 Å². The summed E-state index contributed by atoms with van der Waals surface area (Å²) in [6.07, 6.45) is 18.6. The Balaban J connectivity index is 1.26. The summed E-state index contributed by atoms with van der Waals surface area (Å²) < 4.78 is 2.62. The Labute approximate surface area is 163 Å². The summed E-state index contributed by atoms with van der Waals surface area (Å²) in [6, 6.07) is 14.6. The quantitative estimate of drug-likeness (QED) is 0.620. The van der Waals surface area contributed by atoms with Gasteiger partial charge < -0.3 is 4.57 Å². The van der Waals surface area contributed by atoms with Crippen molar-refractivity contribution in [3.05, 3.63) is 36.5 Å². The third-order valence-corrected chi connectivity index (χ3v) is 8.55. The highest BCUT2D eigenvalue weighted by molar-refractivity contribution is 5.80. The van der Waals surface area contributed by atoms with Gasteiger partial charge in [0, 0.05) is 35.9 Å². The van der Waals surface area contributed by atoms with Gasteiger partial charge >= 0.3 is 0 Å². The van der Waals surface area contributed by atoms with Gasteiger partial charge in [0.05, 0.1) is 0 Å². The van der Waals surface area contributed by atoms with Gasteiger partial charge in [0.2, 0.25) is 0 Å². The minimum atomic E-state index is 0.708. The maximum atomic E-state index is 3.08. The zero-order valence-corrected chi connectivity index (χ0v) is 16.6. The molecule has 2 saturated carbocycles. The number of hydrogen-bond donors (Lipinski definition) is 0. The Hall–Kier alpha value is -1.28. The molecule has 2 heteroatoms. The van der Waals surface area contributed by atoms with Crippen LogP contribution in [-0.4, -0.2) is 27.6 Å². The molecule has 6 rings (SSSR count). The molecule has 0 N–H and O–H groups in total. The summed E-state index contributed by atoms with van der Waals surface area (Å²) in [4.78, 5) is 3.08. The highest BCUT2D eigenvalue weighted by atomic mass is 15.2. The van der Waals surface area contributed by atoms with Crippen molar-refractivity contribution < 1.29 is 0 Å². The first-order valence-corrected chi connectivity index (χ1v) is 11.7. The highest BCUT2D eigenvalue weighted by Crippen LogP contribution is 2.47. The van der Waals surface area contributed by atoms with E-state index in [9.17, 15) is 0 Å². The normalized spacial score (nSPS) is 39.6. The molecular weight excluding hydrogens is 328 g/mol. The molecule has 4 fully saturated rings. The zero-order valence-electron chi connectivity index (χ0n) is 16.6. The second kappa shape index (κ2) is 6.65. The average molecular weight is 363 g/mol. The van der Waals surface area contributed by atoms with E-state index in [1.807, 2.05) is 0 Å². The molecule has 1 aromatic heterocycles. The Bertz CT molecular complexity index is 782. The Kier molecular flexibility index (Phi) is 4.10. The maximum Gasteiger partial charge on any atom is 0.0482 e. The third-order valence-electron chi connectivity index (χ3n) is 8.55. The van der Waals surface area contributed by atoms with Crippen molar-refractivity contribution in [2.24, 2.45) is 11.8 Å². The summed E-state index contributed by atoms with van der Waals surface area (Å²) in [7, 11) is 0. The van der Waals surface area contributed by atoms with Crippen LogP contribution in [0.15, 0.2) is 36.5 Å². The zero-order chi connectivity index (χ0) is 17.8. The standard InChI is InChI=1S/C25H34N2/c1-2-10-25-20(7-1)11-12-26(25)23-16-21-8-4-9-22(17-23)27(21)24-14-18-5-3-6-19(13-18)15-24/h1-2,7,10-12,18-19,21-24H,3-6,8-9,13-17H2/t18-,19+,21-,22+,23?,24?. The van der Waals surface area contributed by atoms with Crippen molar-refractivity contribution in [3.8, 4) is 0 Å². The van der Waals surface area contributed by atoms with Gasteiger partial charge in [0.15, 0.2) is 0 Å². The van der Waals surface area contributed by atoms with Gasteiger partial charge in [-0.1, -0.05) is 43.9 Å². The maximum absolute atomic E-state index is 3.08. The van der Waals surface area contributed by atoms with E-state index in [0.29, 0.717) is 6.04 Å². The average Bonchev–Trinajstić information content (AvgIpc) is 3.11. The van der Waals surface area contributed by atoms with Crippen LogP contribution in [0.25, 0.3) is 10.9 Å². The van der Waals surface area contributed by atoms with E-state index in [0.717, 1.165) is 30.0 Å². The minimum Gasteiger partial charge on any atom is -0.344 e. The van der Waals surface area contributed by atoms with Gasteiger partial charge in [-0.15, -0.1) is 0 Å². The molecule has 4 bridgehead atoms. The van der Waals surface area contributed by atoms with Crippen LogP contribution in [0.2, 0.25) is 0 Å². The number of para-hydroxylation sites is 1. The Morgan fingerprint density at radius 1 is 0.630 bits per heavy atom. The molecule has 2 aliphatic carbocycles. The fourth-order valence-corrected chi connectivity index (χ4v) is 7.57. The largest absolute Gasteiger partial charge is 0.344 e. The summed E-state index contributed by atoms with van der Waals surface area (Å²) >= 11 is 0. The van der Waals surface area contributed by atoms with Gasteiger partial charge in [0.1, 0.15) is 0 Å². The monoisotopic (exact) mass is 362 g/mol. The molecular formula is C25H34N2. The van der Waals surface area contributed by atoms with Crippen molar-refractivity contribution in [2.75, 3.05) is 0 Å². The number of fused-ring (bicyclic) bond motifs is 5. The first kappa shape index (κ1) is 16.7. The molecule has 2 aliphatic heterocycles. The molecule has 2 saturated heterocycles. The van der Waals surface area contributed by atoms with Crippen LogP contribution < -0.4 is 0 Å². The lowest BCUT2D eigenvalue weighted by molar-refractivity contribution is -0.0482. The third kappa shape index (κ3) is 2.87. The summed E-state index contributed by atoms with van der Waals surface area (Å²) in [5.74, 6) is 2.10. The van der Waals surface area contributed by atoms with Crippen LogP contribution in [-0.2, 0) is 0 Å². The lowest BCUT2D eigenvalue weighted by Crippen LogP contribution is -2.58.